The molecule has 1 saturated heterocycles. The van der Waals surface area contributed by atoms with Gasteiger partial charge in [-0.1, -0.05) is 84.0 Å². The highest BCUT2D eigenvalue weighted by molar-refractivity contribution is 6.65. The van der Waals surface area contributed by atoms with Gasteiger partial charge in [-0.2, -0.15) is 0 Å². The fourth-order valence-electron chi connectivity index (χ4n) is 3.22. The van der Waals surface area contributed by atoms with Crippen molar-refractivity contribution in [3.63, 3.8) is 0 Å². The number of aliphatic hydroxyl groups excluding tert-OH is 1. The van der Waals surface area contributed by atoms with E-state index in [-0.39, 0.29) is 6.61 Å². The van der Waals surface area contributed by atoms with Crippen LogP contribution >= 0.6 is 0 Å². The lowest BCUT2D eigenvalue weighted by Gasteiger charge is -2.15. The number of carbonyl (C=O) groups is 3. The van der Waals surface area contributed by atoms with Gasteiger partial charge in [0.25, 0.3) is 5.78 Å². The average molecular weight is 385 g/mol. The molecule has 0 saturated carbocycles. The van der Waals surface area contributed by atoms with E-state index in [1.54, 1.807) is 0 Å². The van der Waals surface area contributed by atoms with E-state index in [4.69, 9.17) is 4.74 Å². The minimum Gasteiger partial charge on any atom is -0.445 e. The van der Waals surface area contributed by atoms with E-state index < -0.39 is 29.7 Å². The van der Waals surface area contributed by atoms with E-state index in [1.807, 2.05) is 0 Å². The molecule has 2 unspecified atom stereocenters. The second kappa shape index (κ2) is 14.7. The normalized spacial score (nSPS) is 18.1. The lowest BCUT2D eigenvalue weighted by Crippen LogP contribution is -2.36. The molecule has 1 rings (SSSR count). The van der Waals surface area contributed by atoms with E-state index in [2.05, 4.69) is 11.7 Å². The predicted molar refractivity (Wildman–Crippen MR) is 102 cm³/mol. The number of Topliss-reactive ketones (excluding diaryl/α,β-unsaturated/α-hetero) is 2. The third-order valence-electron chi connectivity index (χ3n) is 4.93. The van der Waals surface area contributed by atoms with Crippen LogP contribution in [0.25, 0.3) is 0 Å². The summed E-state index contributed by atoms with van der Waals surface area (Å²) in [6.07, 6.45) is 13.8. The van der Waals surface area contributed by atoms with Crippen LogP contribution in [0.3, 0.4) is 0 Å². The van der Waals surface area contributed by atoms with Crippen LogP contribution in [0.1, 0.15) is 90.4 Å². The summed E-state index contributed by atoms with van der Waals surface area (Å²) in [5.74, 6) is -3.38. The first-order valence-corrected chi connectivity index (χ1v) is 10.6. The highest BCUT2D eigenvalue weighted by Gasteiger charge is 2.46. The predicted octanol–water partition coefficient (Wildman–Crippen LogP) is 3.52. The Bertz CT molecular complexity index is 448. The zero-order chi connectivity index (χ0) is 19.9. The molecular weight excluding hydrogens is 348 g/mol. The first-order valence-electron chi connectivity index (χ1n) is 10.6. The van der Waals surface area contributed by atoms with E-state index in [1.165, 1.54) is 70.6 Å². The summed E-state index contributed by atoms with van der Waals surface area (Å²) in [6, 6.07) is 0. The van der Waals surface area contributed by atoms with Gasteiger partial charge < -0.3 is 14.6 Å². The van der Waals surface area contributed by atoms with Crippen molar-refractivity contribution in [3.05, 3.63) is 0 Å². The van der Waals surface area contributed by atoms with Crippen molar-refractivity contribution in [2.45, 2.75) is 103 Å². The Morgan fingerprint density at radius 3 is 1.78 bits per heavy atom. The number of ether oxygens (including phenoxy) is 2. The van der Waals surface area contributed by atoms with Gasteiger partial charge >= 0.3 is 11.8 Å². The zero-order valence-corrected chi connectivity index (χ0v) is 16.7. The van der Waals surface area contributed by atoms with Crippen molar-refractivity contribution >= 4 is 17.5 Å². The molecule has 0 amide bonds. The first-order chi connectivity index (χ1) is 13.1. The van der Waals surface area contributed by atoms with E-state index in [0.717, 1.165) is 12.8 Å². The summed E-state index contributed by atoms with van der Waals surface area (Å²) in [5.41, 5.74) is 0. The maximum absolute atomic E-state index is 11.4. The fraction of sp³-hybridized carbons (Fsp3) is 0.857. The van der Waals surface area contributed by atoms with Crippen molar-refractivity contribution in [1.82, 2.24) is 0 Å². The Kier molecular flexibility index (Phi) is 13.0. The average Bonchev–Trinajstić information content (AvgIpc) is 2.92. The molecule has 0 radical (unpaired) electrons. The highest BCUT2D eigenvalue weighted by atomic mass is 16.6. The molecule has 0 aromatic carbocycles. The summed E-state index contributed by atoms with van der Waals surface area (Å²) < 4.78 is 9.88. The molecule has 0 aromatic heterocycles. The third kappa shape index (κ3) is 10.0. The third-order valence-corrected chi connectivity index (χ3v) is 4.93. The minimum absolute atomic E-state index is 0.116. The lowest BCUT2D eigenvalue weighted by molar-refractivity contribution is -0.152. The van der Waals surface area contributed by atoms with E-state index in [0.29, 0.717) is 6.61 Å². The van der Waals surface area contributed by atoms with Crippen LogP contribution in [-0.2, 0) is 23.9 Å². The molecule has 6 nitrogen and oxygen atoms in total. The molecule has 0 bridgehead atoms. The van der Waals surface area contributed by atoms with Crippen LogP contribution in [0.4, 0.5) is 0 Å². The smallest absolute Gasteiger partial charge is 0.383 e. The molecule has 27 heavy (non-hydrogen) atoms. The number of esters is 1. The van der Waals surface area contributed by atoms with Crippen LogP contribution in [0, 0.1) is 0 Å². The van der Waals surface area contributed by atoms with Crippen LogP contribution in [-0.4, -0.2) is 48.1 Å². The molecule has 1 N–H and O–H groups in total. The van der Waals surface area contributed by atoms with Crippen LogP contribution in [0.15, 0.2) is 0 Å². The maximum atomic E-state index is 11.4. The monoisotopic (exact) mass is 384 g/mol. The van der Waals surface area contributed by atoms with Gasteiger partial charge in [0.05, 0.1) is 6.61 Å². The number of rotatable bonds is 17. The molecule has 2 atom stereocenters. The lowest BCUT2D eigenvalue weighted by atomic mass is 10.0. The highest BCUT2D eigenvalue weighted by Crippen LogP contribution is 2.13. The van der Waals surface area contributed by atoms with Crippen molar-refractivity contribution in [2.75, 3.05) is 13.2 Å². The number of hydrogen-bond acceptors (Lipinski definition) is 6. The van der Waals surface area contributed by atoms with Gasteiger partial charge in [-0.3, -0.25) is 9.59 Å². The van der Waals surface area contributed by atoms with Crippen molar-refractivity contribution in [1.29, 1.82) is 0 Å². The Morgan fingerprint density at radius 1 is 0.852 bits per heavy atom. The maximum Gasteiger partial charge on any atom is 0.383 e. The Morgan fingerprint density at radius 2 is 1.33 bits per heavy atom. The van der Waals surface area contributed by atoms with Gasteiger partial charge in [0.15, 0.2) is 6.10 Å². The van der Waals surface area contributed by atoms with Gasteiger partial charge in [-0.25, -0.2) is 4.79 Å². The second-order valence-electron chi connectivity index (χ2n) is 7.40. The standard InChI is InChI=1S/C21H36O6/c1-2-3-4-5-6-7-8-9-10-11-12-13-14-15-26-16-17(22)20-18(23)19(24)21(25)27-20/h17,20,22H,2-16H2,1H3. The van der Waals surface area contributed by atoms with E-state index in [9.17, 15) is 19.5 Å². The van der Waals surface area contributed by atoms with Crippen molar-refractivity contribution < 1.29 is 29.0 Å². The first kappa shape index (κ1) is 23.8. The van der Waals surface area contributed by atoms with Gasteiger partial charge in [-0.15, -0.1) is 0 Å². The summed E-state index contributed by atoms with van der Waals surface area (Å²) in [6.45, 7) is 2.61. The summed E-state index contributed by atoms with van der Waals surface area (Å²) in [4.78, 5) is 33.4. The number of carbonyl (C=O) groups excluding carboxylic acids is 3. The van der Waals surface area contributed by atoms with Gasteiger partial charge in [-0.05, 0) is 6.42 Å². The second-order valence-corrected chi connectivity index (χ2v) is 7.40. The molecule has 0 aromatic rings. The molecule has 1 aliphatic rings. The molecule has 1 heterocycles. The molecule has 1 fully saturated rings. The summed E-state index contributed by atoms with van der Waals surface area (Å²) in [7, 11) is 0. The largest absolute Gasteiger partial charge is 0.445 e. The summed E-state index contributed by atoms with van der Waals surface area (Å²) in [5, 5.41) is 9.78. The summed E-state index contributed by atoms with van der Waals surface area (Å²) >= 11 is 0. The Balaban J connectivity index is 1.85. The molecule has 156 valence electrons. The molecule has 0 spiro atoms. The van der Waals surface area contributed by atoms with Gasteiger partial charge in [0.1, 0.15) is 6.10 Å². The van der Waals surface area contributed by atoms with Crippen molar-refractivity contribution in [3.8, 4) is 0 Å². The Hall–Kier alpha value is -1.27. The Labute approximate surface area is 163 Å². The molecular formula is C21H36O6. The van der Waals surface area contributed by atoms with Gasteiger partial charge in [0, 0.05) is 6.61 Å². The fourth-order valence-corrected chi connectivity index (χ4v) is 3.22. The molecule has 6 heteroatoms. The minimum atomic E-state index is -1.41. The van der Waals surface area contributed by atoms with Gasteiger partial charge in [0.2, 0.25) is 0 Å². The van der Waals surface area contributed by atoms with Crippen LogP contribution in [0.2, 0.25) is 0 Å². The zero-order valence-electron chi connectivity index (χ0n) is 16.7. The number of ketones is 2. The van der Waals surface area contributed by atoms with Crippen molar-refractivity contribution in [2.24, 2.45) is 0 Å². The topological polar surface area (TPSA) is 89.9 Å². The molecule has 0 aliphatic carbocycles. The quantitative estimate of drug-likeness (QED) is 0.234. The number of hydrogen-bond donors (Lipinski definition) is 1. The SMILES string of the molecule is CCCCCCCCCCCCCCCOCC(O)C1OC(=O)C(=O)C1=O. The number of unbranched alkanes of at least 4 members (excludes halogenated alkanes) is 12. The number of cyclic esters (lactones) is 1. The molecule has 1 aliphatic heterocycles. The number of aliphatic hydroxyl groups is 1. The van der Waals surface area contributed by atoms with E-state index >= 15 is 0 Å². The van der Waals surface area contributed by atoms with Crippen LogP contribution in [0.5, 0.6) is 0 Å². The van der Waals surface area contributed by atoms with Crippen LogP contribution < -0.4 is 0 Å².